The number of rotatable bonds is 30. The van der Waals surface area contributed by atoms with Crippen LogP contribution >= 0.6 is 0 Å². The number of nitrogens with two attached hydrogens (primary N) is 1. The number of aliphatic hydroxyl groups excluding tert-OH is 23. The number of fused-ring (bicyclic) bond motifs is 7. The van der Waals surface area contributed by atoms with E-state index in [1.807, 2.05) is 44.2 Å². The van der Waals surface area contributed by atoms with Crippen molar-refractivity contribution in [2.24, 2.45) is 34.3 Å². The number of ether oxygens (including phenoxy) is 7. The Hall–Kier alpha value is -10.3. The molecule has 2 heterocycles. The highest BCUT2D eigenvalue weighted by molar-refractivity contribution is 6.01. The van der Waals surface area contributed by atoms with Crippen molar-refractivity contribution in [3.05, 3.63) is 139 Å². The predicted molar refractivity (Wildman–Crippen MR) is 491 cm³/mol. The van der Waals surface area contributed by atoms with Crippen molar-refractivity contribution in [2.45, 2.75) is 319 Å². The zero-order chi connectivity index (χ0) is 103. The van der Waals surface area contributed by atoms with Crippen LogP contribution in [-0.2, 0) is 98.6 Å². The Labute approximate surface area is 807 Å². The topological polar surface area (TPSA) is 769 Å². The summed E-state index contributed by atoms with van der Waals surface area (Å²) in [6, 6.07) is 7.96. The molecule has 13 unspecified atom stereocenters. The second-order valence-corrected chi connectivity index (χ2v) is 37.8. The van der Waals surface area contributed by atoms with E-state index < -0.39 is 298 Å². The molecule has 22 atom stereocenters. The number of nitrogens with one attached hydrogen (secondary N) is 5. The quantitative estimate of drug-likeness (QED) is 0.0332. The van der Waals surface area contributed by atoms with Crippen molar-refractivity contribution in [1.82, 2.24) is 36.3 Å². The summed E-state index contributed by atoms with van der Waals surface area (Å²) in [6.45, 7) is 7.40. The Balaban J connectivity index is 0.816. The van der Waals surface area contributed by atoms with Crippen molar-refractivity contribution in [2.75, 3.05) is 51.5 Å². The summed E-state index contributed by atoms with van der Waals surface area (Å²) in [4.78, 5) is 84.7. The largest absolute Gasteiger partial charge is 0.508 e. The number of aromatic hydroxyl groups is 1. The Morgan fingerprint density at radius 1 is 0.471 bits per heavy atom. The van der Waals surface area contributed by atoms with E-state index in [-0.39, 0.29) is 59.9 Å². The number of imide groups is 1. The standard InChI is InChI=1S/C94H141N9O37/c1-46(2)66(82(125)97-47(3)80(123)98-50-22-18-48-20-24-63-91(4,52(48)43-50)32-13-34-93(63,6)89(132)100-90(133)94(7)35-14-33-92(5)53-44-51(109)23-19-49(53)21-25-64(92)94)99-81(124)54(95)15-11-12-36-96-65(110)45-134-56-17-10-8-9-16-55-67(56)101-102-103(55)37-26-57-68(111)74(117)84(127)136-59(28-39-105)70(113)76(119)86(129)138-61(30-41-107)72(115)78(121)88(131)140-62(31-42-108)73(116)79(122)87(130)139-60(29-40-106)71(114)77(120)85(128)137-58(27-38-104)69(112)75(118)83(126)135-57/h18-19,22-23,43-44,46-47,54,56-64,66,83-88,104-109,111-122,126-131H,8-17,20-21,24-42,45,95H2,1-7H3,(H,96,110)(H,97,125)(H,98,123)(H,99,124)(H,100,132,133)/b74-68?,75-69-,76-70+,77-71-,78-72-,79-73-/t47-,54+,56?,57?,58?,59?,60?,61?,62?,63+,64+,66-,83?,84?,85?,86?,87?,88?,91+,92+,93-,94-/m0/s1. The molecule has 31 N–H and O–H groups in total. The number of amides is 6. The van der Waals surface area contributed by atoms with Gasteiger partial charge in [-0.2, -0.15) is 0 Å². The number of carbonyl (C=O) groups is 6. The molecule has 3 aromatic rings. The first kappa shape index (κ1) is 113. The van der Waals surface area contributed by atoms with Crippen molar-refractivity contribution < 1.29 is 184 Å². The lowest BCUT2D eigenvalue weighted by Gasteiger charge is -2.56. The molecule has 140 heavy (non-hydrogen) atoms. The molecule has 0 saturated heterocycles. The van der Waals surface area contributed by atoms with Crippen molar-refractivity contribution in [3.8, 4) is 5.75 Å². The van der Waals surface area contributed by atoms with E-state index in [0.29, 0.717) is 75.6 Å². The molecule has 5 aliphatic carbocycles. The van der Waals surface area contributed by atoms with E-state index in [1.165, 1.54) is 17.2 Å². The second kappa shape index (κ2) is 50.6. The van der Waals surface area contributed by atoms with Gasteiger partial charge in [-0.05, 0) is 172 Å². The Bertz CT molecular complexity index is 4940. The first-order valence-electron chi connectivity index (χ1n) is 47.3. The molecule has 2 fully saturated rings. The number of anilines is 1. The van der Waals surface area contributed by atoms with Gasteiger partial charge in [-0.25, -0.2) is 4.68 Å². The van der Waals surface area contributed by atoms with Crippen LogP contribution in [0.15, 0.2) is 106 Å². The molecule has 2 saturated carbocycles. The Kier molecular flexibility index (Phi) is 40.9. The molecule has 0 spiro atoms. The number of unbranched alkanes of at least 4 members (excludes halogenated alkanes) is 1. The van der Waals surface area contributed by atoms with E-state index in [1.54, 1.807) is 19.9 Å². The summed E-state index contributed by atoms with van der Waals surface area (Å²) in [5.74, 6) is -22.6. The lowest BCUT2D eigenvalue weighted by atomic mass is 9.49. The smallest absolute Gasteiger partial charge is 0.246 e. The fraction of sp³-hybridized carbons (Fsp3) is 0.660. The van der Waals surface area contributed by atoms with Crippen LogP contribution in [0.3, 0.4) is 0 Å². The van der Waals surface area contributed by atoms with E-state index >= 15 is 0 Å². The fourth-order valence-electron chi connectivity index (χ4n) is 20.0. The van der Waals surface area contributed by atoms with Crippen LogP contribution in [0.2, 0.25) is 0 Å². The van der Waals surface area contributed by atoms with Gasteiger partial charge < -0.3 is 183 Å². The first-order chi connectivity index (χ1) is 66.2. The van der Waals surface area contributed by atoms with Gasteiger partial charge in [0.15, 0.2) is 69.1 Å². The first-order valence-corrected chi connectivity index (χ1v) is 47.3. The zero-order valence-electron chi connectivity index (χ0n) is 79.5. The average molecular weight is 1990 g/mol. The highest BCUT2D eigenvalue weighted by Crippen LogP contribution is 2.60. The second-order valence-electron chi connectivity index (χ2n) is 37.8. The maximum absolute atomic E-state index is 14.9. The minimum atomic E-state index is -2.92. The molecule has 0 bridgehead atoms. The Morgan fingerprint density at radius 3 is 1.29 bits per heavy atom. The summed E-state index contributed by atoms with van der Waals surface area (Å²) in [7, 11) is 0. The molecule has 0 radical (unpaired) electrons. The molecule has 2 aromatic carbocycles. The van der Waals surface area contributed by atoms with Crippen LogP contribution in [0, 0.1) is 28.6 Å². The summed E-state index contributed by atoms with van der Waals surface area (Å²) in [6.07, 6.45) is -26.4. The molecule has 6 amide bonds. The van der Waals surface area contributed by atoms with E-state index in [4.69, 9.17) is 38.9 Å². The average Bonchev–Trinajstić information content (AvgIpc) is 0.792. The van der Waals surface area contributed by atoms with Crippen molar-refractivity contribution in [3.63, 3.8) is 0 Å². The van der Waals surface area contributed by atoms with E-state index in [2.05, 4.69) is 50.7 Å². The number of aromatic nitrogens is 3. The van der Waals surface area contributed by atoms with Gasteiger partial charge in [0.2, 0.25) is 73.2 Å². The molecule has 46 nitrogen and oxygen atoms in total. The summed E-state index contributed by atoms with van der Waals surface area (Å²) >= 11 is 0. The normalized spacial score (nSPS) is 32.6. The van der Waals surface area contributed by atoms with Crippen LogP contribution in [-0.4, -0.2) is 312 Å². The van der Waals surface area contributed by atoms with E-state index in [9.17, 15) is 151 Å². The van der Waals surface area contributed by atoms with Crippen LogP contribution in [0.25, 0.3) is 0 Å². The van der Waals surface area contributed by atoms with E-state index in [0.717, 1.165) is 55.2 Å². The van der Waals surface area contributed by atoms with Crippen LogP contribution in [0.5, 0.6) is 5.75 Å². The number of aliphatic hydroxyl groups is 23. The molecule has 784 valence electrons. The SMILES string of the molecule is CC(C)[C@H](NC(=O)[C@H](N)CCCCNC(=O)COC1CCCCCc2c1nnn2CCC1OC(O)/C(O)=C(/O)C(CCO)OC(O)/C(O)=C(/O)C(CCO)OC(O)/C(O)=C(/O)C(CCO)OC(O)/C(O)=C(/O)C(CCO)OC(O)/C(O)=C(\O)C(CCO)OC(O)C(O)=C1O)C(=O)N[C@@H](C)C(=O)Nc1ccc2c(c1)[C@@]1(C)CCC[C@](C)(C(=O)NC(=O)[C@@]3(C)CCC[C@]4(C)c5cc(O)ccc5CC[C@@H]34)[C@@H]1CC2. The number of carbonyl (C=O) groups excluding carboxylic acids is 6. The monoisotopic (exact) mass is 1990 g/mol. The number of phenolic OH excluding ortho intramolecular Hbond substituents is 1. The zero-order valence-corrected chi connectivity index (χ0v) is 79.5. The molecular formula is C94H141N9O37. The molecule has 46 heteroatoms. The van der Waals surface area contributed by atoms with Gasteiger partial charge in [0.1, 0.15) is 72.9 Å². The number of benzene rings is 2. The molecule has 1 aliphatic heterocycles. The minimum Gasteiger partial charge on any atom is -0.508 e. The van der Waals surface area contributed by atoms with Gasteiger partial charge in [-0.15, -0.1) is 5.10 Å². The third-order valence-electron chi connectivity index (χ3n) is 27.9. The van der Waals surface area contributed by atoms with Gasteiger partial charge in [0.05, 0.1) is 22.6 Å². The molecule has 1 aromatic heterocycles. The summed E-state index contributed by atoms with van der Waals surface area (Å²) in [5.41, 5.74) is 9.23. The highest BCUT2D eigenvalue weighted by Gasteiger charge is 2.59. The number of hydrogen-bond acceptors (Lipinski definition) is 40. The molecule has 6 aliphatic rings. The lowest BCUT2D eigenvalue weighted by molar-refractivity contribution is -0.162. The third-order valence-corrected chi connectivity index (χ3v) is 27.9. The van der Waals surface area contributed by atoms with Crippen molar-refractivity contribution >= 4 is 41.1 Å². The maximum atomic E-state index is 14.9. The Morgan fingerprint density at radius 2 is 0.879 bits per heavy atom. The summed E-state index contributed by atoms with van der Waals surface area (Å²) < 4.78 is 38.8. The molecule has 9 rings (SSSR count). The van der Waals surface area contributed by atoms with Crippen LogP contribution in [0.4, 0.5) is 5.69 Å². The van der Waals surface area contributed by atoms with Crippen molar-refractivity contribution in [1.29, 1.82) is 0 Å². The van der Waals surface area contributed by atoms with Crippen LogP contribution < -0.4 is 32.3 Å². The lowest BCUT2D eigenvalue weighted by Crippen LogP contribution is -2.60. The minimum absolute atomic E-state index is 0.0450. The number of hydrogen-bond donors (Lipinski definition) is 30. The van der Waals surface area contributed by atoms with Gasteiger partial charge in [0, 0.05) is 90.3 Å². The number of phenols is 1. The predicted octanol–water partition coefficient (Wildman–Crippen LogP) is 3.92. The van der Waals surface area contributed by atoms with Crippen LogP contribution in [0.1, 0.15) is 223 Å². The maximum Gasteiger partial charge on any atom is 0.246 e. The van der Waals surface area contributed by atoms with Gasteiger partial charge >= 0.3 is 0 Å². The third kappa shape index (κ3) is 27.0. The highest BCUT2D eigenvalue weighted by atomic mass is 16.7. The van der Waals surface area contributed by atoms with Gasteiger partial charge in [-0.3, -0.25) is 34.1 Å². The number of nitrogens with zero attached hydrogens (tertiary/aromatic N) is 3. The van der Waals surface area contributed by atoms with Gasteiger partial charge in [0.25, 0.3) is 0 Å². The molecular weight excluding hydrogens is 1850 g/mol. The summed E-state index contributed by atoms with van der Waals surface area (Å²) in [5, 5.41) is 284. The van der Waals surface area contributed by atoms with Gasteiger partial charge in [-0.1, -0.05) is 84.6 Å². The fourth-order valence-corrected chi connectivity index (χ4v) is 20.0. The number of aryl methyl sites for hydroxylation is 3.